The Morgan fingerprint density at radius 3 is 1.35 bits per heavy atom. The van der Waals surface area contributed by atoms with Crippen LogP contribution in [0.3, 0.4) is 0 Å². The second kappa shape index (κ2) is 13.5. The Kier molecular flexibility index (Phi) is 15.6. The van der Waals surface area contributed by atoms with Crippen molar-refractivity contribution in [2.24, 2.45) is 0 Å². The van der Waals surface area contributed by atoms with Crippen molar-refractivity contribution in [3.8, 4) is 0 Å². The first kappa shape index (κ1) is 23.1. The summed E-state index contributed by atoms with van der Waals surface area (Å²) in [5.41, 5.74) is -2.74. The number of aliphatic carboxylic acids is 3. The van der Waals surface area contributed by atoms with Crippen LogP contribution in [-0.4, -0.2) is 67.4 Å². The first-order valence-corrected chi connectivity index (χ1v) is 5.29. The van der Waals surface area contributed by atoms with Crippen molar-refractivity contribution in [2.75, 3.05) is 13.2 Å². The molecule has 0 heterocycles. The fraction of sp³-hybridized carbons (Fsp3) is 0.545. The average Bonchev–Trinajstić information content (AvgIpc) is 2.28. The summed E-state index contributed by atoms with van der Waals surface area (Å²) in [5.74, 6) is -5.02. The van der Waals surface area contributed by atoms with Gasteiger partial charge in [-0.2, -0.15) is 0 Å². The van der Waals surface area contributed by atoms with Crippen molar-refractivity contribution in [1.82, 2.24) is 0 Å². The van der Waals surface area contributed by atoms with Crippen molar-refractivity contribution in [2.45, 2.75) is 25.4 Å². The van der Waals surface area contributed by atoms with Gasteiger partial charge in [0, 0.05) is 0 Å². The maximum Gasteiger partial charge on any atom is 0.336 e. The minimum atomic E-state index is -2.74. The molecule has 0 atom stereocenters. The van der Waals surface area contributed by atoms with Crippen LogP contribution in [0, 0.1) is 0 Å². The zero-order chi connectivity index (χ0) is 16.8. The van der Waals surface area contributed by atoms with Crippen LogP contribution >= 0.6 is 0 Å². The highest BCUT2D eigenvalue weighted by Gasteiger charge is 2.40. The predicted molar refractivity (Wildman–Crippen MR) is 67.1 cm³/mol. The van der Waals surface area contributed by atoms with E-state index in [1.165, 1.54) is 0 Å². The lowest BCUT2D eigenvalue weighted by Crippen LogP contribution is -2.42. The van der Waals surface area contributed by atoms with E-state index in [9.17, 15) is 14.4 Å². The Labute approximate surface area is 115 Å². The van der Waals surface area contributed by atoms with Crippen LogP contribution in [-0.2, 0) is 14.4 Å². The van der Waals surface area contributed by atoms with Gasteiger partial charge in [0.05, 0.1) is 26.1 Å². The highest BCUT2D eigenvalue weighted by Crippen LogP contribution is 2.15. The summed E-state index contributed by atoms with van der Waals surface area (Å²) in [4.78, 5) is 30.5. The lowest BCUT2D eigenvalue weighted by atomic mass is 9.96. The van der Waals surface area contributed by atoms with E-state index in [1.54, 1.807) is 6.08 Å². The van der Waals surface area contributed by atoms with Gasteiger partial charge >= 0.3 is 17.9 Å². The molecule has 20 heavy (non-hydrogen) atoms. The number of aliphatic hydroxyl groups excluding tert-OH is 2. The van der Waals surface area contributed by atoms with E-state index in [-0.39, 0.29) is 13.2 Å². The molecular weight excluding hydrogens is 276 g/mol. The number of rotatable bonds is 6. The van der Waals surface area contributed by atoms with Crippen LogP contribution in [0.2, 0.25) is 0 Å². The molecule has 0 unspecified atom stereocenters. The summed E-state index contributed by atoms with van der Waals surface area (Å²) in [5, 5.41) is 49.1. The Morgan fingerprint density at radius 2 is 1.25 bits per heavy atom. The van der Waals surface area contributed by atoms with Crippen LogP contribution < -0.4 is 0 Å². The molecule has 0 aromatic carbocycles. The van der Waals surface area contributed by atoms with Crippen molar-refractivity contribution in [3.63, 3.8) is 0 Å². The fourth-order valence-electron chi connectivity index (χ4n) is 0.714. The average molecular weight is 296 g/mol. The molecule has 0 fully saturated rings. The van der Waals surface area contributed by atoms with E-state index in [1.807, 2.05) is 6.92 Å². The molecule has 0 radical (unpaired) electrons. The molecular formula is C11H20O9. The largest absolute Gasteiger partial charge is 0.481 e. The molecule has 0 saturated carbocycles. The Bertz CT molecular complexity index is 293. The maximum atomic E-state index is 10.3. The summed E-state index contributed by atoms with van der Waals surface area (Å²) in [6.45, 7) is 5.00. The predicted octanol–water partition coefficient (Wildman–Crippen LogP) is -1.09. The van der Waals surface area contributed by atoms with Crippen LogP contribution in [0.1, 0.15) is 19.8 Å². The molecule has 0 aliphatic carbocycles. The van der Waals surface area contributed by atoms with Gasteiger partial charge in [-0.25, -0.2) is 4.79 Å². The van der Waals surface area contributed by atoms with E-state index >= 15 is 0 Å². The molecule has 6 N–H and O–H groups in total. The van der Waals surface area contributed by atoms with Gasteiger partial charge in [0.2, 0.25) is 0 Å². The highest BCUT2D eigenvalue weighted by molar-refractivity contribution is 5.88. The van der Waals surface area contributed by atoms with Gasteiger partial charge < -0.3 is 30.6 Å². The van der Waals surface area contributed by atoms with E-state index < -0.39 is 36.4 Å². The lowest BCUT2D eigenvalue weighted by Gasteiger charge is -2.18. The molecule has 0 amide bonds. The number of aliphatic hydroxyl groups is 3. The number of carboxylic acids is 3. The van der Waals surface area contributed by atoms with Crippen molar-refractivity contribution in [3.05, 3.63) is 12.7 Å². The van der Waals surface area contributed by atoms with E-state index in [2.05, 4.69) is 6.58 Å². The molecule has 0 aliphatic rings. The minimum absolute atomic E-state index is 0.125. The molecule has 0 spiro atoms. The van der Waals surface area contributed by atoms with Gasteiger partial charge in [-0.05, 0) is 6.92 Å². The van der Waals surface area contributed by atoms with Crippen molar-refractivity contribution >= 4 is 17.9 Å². The summed E-state index contributed by atoms with van der Waals surface area (Å²) >= 11 is 0. The van der Waals surface area contributed by atoms with Crippen LogP contribution in [0.25, 0.3) is 0 Å². The van der Waals surface area contributed by atoms with Gasteiger partial charge in [0.15, 0.2) is 5.60 Å². The summed E-state index contributed by atoms with van der Waals surface area (Å²) in [6, 6.07) is 0. The molecule has 0 aromatic heterocycles. The second-order valence-corrected chi connectivity index (χ2v) is 3.33. The maximum absolute atomic E-state index is 10.3. The van der Waals surface area contributed by atoms with Gasteiger partial charge in [-0.15, -0.1) is 6.58 Å². The number of hydrogen-bond donors (Lipinski definition) is 6. The topological polar surface area (TPSA) is 173 Å². The van der Waals surface area contributed by atoms with Gasteiger partial charge in [-0.3, -0.25) is 9.59 Å². The molecule has 9 heteroatoms. The van der Waals surface area contributed by atoms with Gasteiger partial charge in [0.25, 0.3) is 0 Å². The van der Waals surface area contributed by atoms with Gasteiger partial charge in [-0.1, -0.05) is 6.08 Å². The Morgan fingerprint density at radius 1 is 1.00 bits per heavy atom. The monoisotopic (exact) mass is 296 g/mol. The molecule has 9 nitrogen and oxygen atoms in total. The van der Waals surface area contributed by atoms with Crippen molar-refractivity contribution in [1.29, 1.82) is 0 Å². The highest BCUT2D eigenvalue weighted by atomic mass is 16.4. The van der Waals surface area contributed by atoms with E-state index in [4.69, 9.17) is 30.6 Å². The lowest BCUT2D eigenvalue weighted by molar-refractivity contribution is -0.170. The number of carboxylic acid groups (broad SMARTS) is 3. The molecule has 118 valence electrons. The van der Waals surface area contributed by atoms with Crippen LogP contribution in [0.4, 0.5) is 0 Å². The van der Waals surface area contributed by atoms with Crippen LogP contribution in [0.5, 0.6) is 0 Å². The SMILES string of the molecule is C=CC.O=C(O)CC(O)(CC(=O)O)C(=O)O.OCCO. The quantitative estimate of drug-likeness (QED) is 0.333. The molecule has 0 rings (SSSR count). The smallest absolute Gasteiger partial charge is 0.336 e. The van der Waals surface area contributed by atoms with Crippen LogP contribution in [0.15, 0.2) is 12.7 Å². The molecule has 0 bridgehead atoms. The Balaban J connectivity index is -0.000000343. The summed E-state index contributed by atoms with van der Waals surface area (Å²) < 4.78 is 0. The Hall–Kier alpha value is -1.97. The molecule has 0 aromatic rings. The zero-order valence-corrected chi connectivity index (χ0v) is 11.0. The third-order valence-electron chi connectivity index (χ3n) is 1.39. The third kappa shape index (κ3) is 16.0. The number of carbonyl (C=O) groups is 3. The molecule has 0 saturated heterocycles. The summed E-state index contributed by atoms with van der Waals surface area (Å²) in [6.07, 6.45) is -0.538. The second-order valence-electron chi connectivity index (χ2n) is 3.33. The molecule has 0 aliphatic heterocycles. The number of hydrogen-bond acceptors (Lipinski definition) is 6. The minimum Gasteiger partial charge on any atom is -0.481 e. The van der Waals surface area contributed by atoms with E-state index in [0.717, 1.165) is 0 Å². The fourth-order valence-corrected chi connectivity index (χ4v) is 0.714. The standard InChI is InChI=1S/C6H8O7.C3H6.C2H6O2/c7-3(8)1-6(13,5(11)12)2-4(9)10;1-3-2;3-1-2-4/h13H,1-2H2,(H,7,8)(H,9,10)(H,11,12);3H,1H2,2H3;3-4H,1-2H2. The van der Waals surface area contributed by atoms with Crippen molar-refractivity contribution < 1.29 is 45.0 Å². The van der Waals surface area contributed by atoms with E-state index in [0.29, 0.717) is 0 Å². The normalized spacial score (nSPS) is 9.20. The van der Waals surface area contributed by atoms with Gasteiger partial charge in [0.1, 0.15) is 0 Å². The summed E-state index contributed by atoms with van der Waals surface area (Å²) in [7, 11) is 0. The first-order valence-electron chi connectivity index (χ1n) is 5.29. The third-order valence-corrected chi connectivity index (χ3v) is 1.39. The number of allylic oxidation sites excluding steroid dienone is 1. The zero-order valence-electron chi connectivity index (χ0n) is 11.0. The first-order chi connectivity index (χ1) is 9.10.